The van der Waals surface area contributed by atoms with Crippen LogP contribution in [0.5, 0.6) is 11.5 Å². The number of methoxy groups -OCH3 is 2. The van der Waals surface area contributed by atoms with Crippen LogP contribution < -0.4 is 14.8 Å². The Morgan fingerprint density at radius 3 is 2.54 bits per heavy atom. The molecule has 4 nitrogen and oxygen atoms in total. The highest BCUT2D eigenvalue weighted by Gasteiger charge is 2.27. The lowest BCUT2D eigenvalue weighted by Gasteiger charge is -2.37. The summed E-state index contributed by atoms with van der Waals surface area (Å²) in [5.41, 5.74) is 3.87. The molecule has 1 aliphatic heterocycles. The van der Waals surface area contributed by atoms with Gasteiger partial charge >= 0.3 is 0 Å². The average Bonchev–Trinajstić information content (AvgIpc) is 2.68. The van der Waals surface area contributed by atoms with Crippen molar-refractivity contribution >= 4 is 17.3 Å². The van der Waals surface area contributed by atoms with Gasteiger partial charge in [-0.15, -0.1) is 0 Å². The second-order valence-electron chi connectivity index (χ2n) is 6.49. The molecule has 138 valence electrons. The first kappa shape index (κ1) is 18.5. The van der Waals surface area contributed by atoms with E-state index in [1.165, 1.54) is 16.7 Å². The lowest BCUT2D eigenvalue weighted by atomic mass is 9.93. The van der Waals surface area contributed by atoms with Gasteiger partial charge in [0.25, 0.3) is 0 Å². The summed E-state index contributed by atoms with van der Waals surface area (Å²) in [6, 6.07) is 14.8. The third-order valence-electron chi connectivity index (χ3n) is 4.98. The maximum absolute atomic E-state index is 5.66. The van der Waals surface area contributed by atoms with Gasteiger partial charge in [0, 0.05) is 13.1 Å². The zero-order valence-corrected chi connectivity index (χ0v) is 16.4. The number of nitrogens with zero attached hydrogens (tertiary/aromatic N) is 1. The van der Waals surface area contributed by atoms with Crippen LogP contribution in [0.2, 0.25) is 0 Å². The van der Waals surface area contributed by atoms with Crippen LogP contribution in [0, 0.1) is 0 Å². The molecular formula is C21H26N2O2S. The van der Waals surface area contributed by atoms with Gasteiger partial charge in [0.05, 0.1) is 20.3 Å². The van der Waals surface area contributed by atoms with Gasteiger partial charge in [0.1, 0.15) is 0 Å². The van der Waals surface area contributed by atoms with E-state index in [0.717, 1.165) is 42.5 Å². The Balaban J connectivity index is 1.66. The number of benzene rings is 2. The predicted octanol–water partition coefficient (Wildman–Crippen LogP) is 3.74. The Hall–Kier alpha value is -2.27. The Labute approximate surface area is 161 Å². The molecule has 0 amide bonds. The molecule has 2 aromatic carbocycles. The molecule has 0 radical (unpaired) electrons. The molecule has 2 aromatic rings. The Bertz CT molecular complexity index is 764. The summed E-state index contributed by atoms with van der Waals surface area (Å²) in [6.07, 6.45) is 1.91. The molecule has 5 heteroatoms. The van der Waals surface area contributed by atoms with Crippen LogP contribution in [0.3, 0.4) is 0 Å². The molecule has 1 aliphatic rings. The molecule has 1 N–H and O–H groups in total. The van der Waals surface area contributed by atoms with Crippen molar-refractivity contribution in [2.24, 2.45) is 0 Å². The first-order chi connectivity index (χ1) is 12.6. The van der Waals surface area contributed by atoms with Crippen molar-refractivity contribution in [2.45, 2.75) is 25.8 Å². The van der Waals surface area contributed by atoms with E-state index in [2.05, 4.69) is 53.5 Å². The Morgan fingerprint density at radius 2 is 1.85 bits per heavy atom. The van der Waals surface area contributed by atoms with Gasteiger partial charge in [-0.05, 0) is 60.8 Å². The minimum Gasteiger partial charge on any atom is -0.493 e. The highest BCUT2D eigenvalue weighted by atomic mass is 32.1. The minimum absolute atomic E-state index is 0.204. The summed E-state index contributed by atoms with van der Waals surface area (Å²) >= 11 is 5.66. The van der Waals surface area contributed by atoms with Crippen LogP contribution in [0.25, 0.3) is 0 Å². The minimum atomic E-state index is 0.204. The molecule has 3 rings (SSSR count). The summed E-state index contributed by atoms with van der Waals surface area (Å²) in [7, 11) is 3.35. The summed E-state index contributed by atoms with van der Waals surface area (Å²) in [5, 5.41) is 4.23. The second-order valence-corrected chi connectivity index (χ2v) is 6.88. The molecule has 0 bridgehead atoms. The van der Waals surface area contributed by atoms with Crippen LogP contribution in [-0.2, 0) is 12.8 Å². The van der Waals surface area contributed by atoms with E-state index in [-0.39, 0.29) is 6.04 Å². The maximum Gasteiger partial charge on any atom is 0.169 e. The molecule has 1 unspecified atom stereocenters. The van der Waals surface area contributed by atoms with Gasteiger partial charge in [-0.1, -0.05) is 30.3 Å². The summed E-state index contributed by atoms with van der Waals surface area (Å²) in [4.78, 5) is 2.26. The number of ether oxygens (including phenoxy) is 2. The smallest absolute Gasteiger partial charge is 0.169 e. The third-order valence-corrected chi connectivity index (χ3v) is 5.36. The van der Waals surface area contributed by atoms with Crippen molar-refractivity contribution in [2.75, 3.05) is 27.3 Å². The molecule has 0 spiro atoms. The number of rotatable bonds is 5. The largest absolute Gasteiger partial charge is 0.493 e. The quantitative estimate of drug-likeness (QED) is 0.811. The fourth-order valence-corrected chi connectivity index (χ4v) is 3.83. The fourth-order valence-electron chi connectivity index (χ4n) is 3.48. The summed E-state index contributed by atoms with van der Waals surface area (Å²) in [5.74, 6) is 1.55. The number of hydrogen-bond donors (Lipinski definition) is 1. The van der Waals surface area contributed by atoms with E-state index >= 15 is 0 Å². The molecule has 0 fully saturated rings. The fraction of sp³-hybridized carbons (Fsp3) is 0.381. The molecule has 0 saturated heterocycles. The average molecular weight is 371 g/mol. The maximum atomic E-state index is 5.66. The van der Waals surface area contributed by atoms with Crippen molar-refractivity contribution in [3.8, 4) is 11.5 Å². The van der Waals surface area contributed by atoms with Crippen molar-refractivity contribution in [1.82, 2.24) is 10.2 Å². The monoisotopic (exact) mass is 370 g/mol. The molecule has 0 saturated carbocycles. The molecule has 1 atom stereocenters. The second kappa shape index (κ2) is 8.41. The van der Waals surface area contributed by atoms with Crippen molar-refractivity contribution in [3.63, 3.8) is 0 Å². The SMILES string of the molecule is COc1cc2c(cc1OC)C(C)N(C(=S)NCCc1ccccc1)CC2. The van der Waals surface area contributed by atoms with Crippen LogP contribution in [0.1, 0.15) is 29.7 Å². The number of thiocarbonyl (C=S) groups is 1. The van der Waals surface area contributed by atoms with Crippen molar-refractivity contribution in [3.05, 3.63) is 59.2 Å². The van der Waals surface area contributed by atoms with Crippen LogP contribution >= 0.6 is 12.2 Å². The number of hydrogen-bond acceptors (Lipinski definition) is 3. The molecule has 0 aliphatic carbocycles. The number of fused-ring (bicyclic) bond motifs is 1. The topological polar surface area (TPSA) is 33.7 Å². The van der Waals surface area contributed by atoms with Crippen LogP contribution in [-0.4, -0.2) is 37.3 Å². The Kier molecular flexibility index (Phi) is 5.99. The first-order valence-electron chi connectivity index (χ1n) is 8.97. The Morgan fingerprint density at radius 1 is 1.15 bits per heavy atom. The molecule has 1 heterocycles. The lowest BCUT2D eigenvalue weighted by Crippen LogP contribution is -2.45. The summed E-state index contributed by atoms with van der Waals surface area (Å²) in [6.45, 7) is 3.93. The van der Waals surface area contributed by atoms with E-state index in [4.69, 9.17) is 21.7 Å². The van der Waals surface area contributed by atoms with Gasteiger partial charge in [-0.2, -0.15) is 0 Å². The van der Waals surface area contributed by atoms with Crippen molar-refractivity contribution < 1.29 is 9.47 Å². The van der Waals surface area contributed by atoms with Crippen LogP contribution in [0.15, 0.2) is 42.5 Å². The van der Waals surface area contributed by atoms with E-state index < -0.39 is 0 Å². The summed E-state index contributed by atoms with van der Waals surface area (Å²) < 4.78 is 10.9. The van der Waals surface area contributed by atoms with Gasteiger partial charge < -0.3 is 19.7 Å². The van der Waals surface area contributed by atoms with Gasteiger partial charge in [-0.25, -0.2) is 0 Å². The molecule has 0 aromatic heterocycles. The van der Waals surface area contributed by atoms with Gasteiger partial charge in [-0.3, -0.25) is 0 Å². The van der Waals surface area contributed by atoms with Gasteiger partial charge in [0.2, 0.25) is 0 Å². The standard InChI is InChI=1S/C21H26N2O2S/c1-15-18-14-20(25-3)19(24-2)13-17(18)10-12-23(15)21(26)22-11-9-16-7-5-4-6-8-16/h4-8,13-15H,9-12H2,1-3H3,(H,22,26). The van der Waals surface area contributed by atoms with Crippen molar-refractivity contribution in [1.29, 1.82) is 0 Å². The van der Waals surface area contributed by atoms with E-state index in [1.807, 2.05) is 6.07 Å². The first-order valence-corrected chi connectivity index (χ1v) is 9.38. The van der Waals surface area contributed by atoms with E-state index in [1.54, 1.807) is 14.2 Å². The molecule has 26 heavy (non-hydrogen) atoms. The van der Waals surface area contributed by atoms with E-state index in [9.17, 15) is 0 Å². The van der Waals surface area contributed by atoms with Crippen LogP contribution in [0.4, 0.5) is 0 Å². The third kappa shape index (κ3) is 3.93. The highest BCUT2D eigenvalue weighted by molar-refractivity contribution is 7.80. The van der Waals surface area contributed by atoms with E-state index in [0.29, 0.717) is 0 Å². The lowest BCUT2D eigenvalue weighted by molar-refractivity contribution is 0.308. The normalized spacial score (nSPS) is 16.0. The van der Waals surface area contributed by atoms with Gasteiger partial charge in [0.15, 0.2) is 16.6 Å². The zero-order valence-electron chi connectivity index (χ0n) is 15.6. The number of nitrogens with one attached hydrogen (secondary N) is 1. The molecular weight excluding hydrogens is 344 g/mol. The predicted molar refractivity (Wildman–Crippen MR) is 109 cm³/mol. The highest BCUT2D eigenvalue weighted by Crippen LogP contribution is 2.37. The zero-order chi connectivity index (χ0) is 18.5.